The topological polar surface area (TPSA) is 91.3 Å². The molecule has 0 radical (unpaired) electrons. The van der Waals surface area contributed by atoms with Crippen LogP contribution < -0.4 is 10.6 Å². The summed E-state index contributed by atoms with van der Waals surface area (Å²) in [6.45, 7) is 3.82. The molecular weight excluding hydrogens is 230 g/mol. The van der Waals surface area contributed by atoms with E-state index in [0.717, 1.165) is 11.3 Å². The maximum absolute atomic E-state index is 11.3. The van der Waals surface area contributed by atoms with E-state index in [1.54, 1.807) is 0 Å². The van der Waals surface area contributed by atoms with Crippen LogP contribution in [0.2, 0.25) is 0 Å². The number of carbonyl (C=O) groups is 2. The number of amides is 1. The van der Waals surface area contributed by atoms with Crippen molar-refractivity contribution in [3.8, 4) is 0 Å². The van der Waals surface area contributed by atoms with Gasteiger partial charge in [-0.15, -0.1) is 0 Å². The molecule has 88 valence electrons. The van der Waals surface area contributed by atoms with E-state index >= 15 is 0 Å². The van der Waals surface area contributed by atoms with Crippen LogP contribution in [0.5, 0.6) is 0 Å². The number of aromatic carboxylic acids is 1. The number of carboxylic acids is 1. The summed E-state index contributed by atoms with van der Waals surface area (Å²) in [6, 6.07) is 0.0835. The van der Waals surface area contributed by atoms with E-state index in [0.29, 0.717) is 5.13 Å². The molecule has 1 aromatic heterocycles. The number of nitrogens with zero attached hydrogens (tertiary/aromatic N) is 1. The monoisotopic (exact) mass is 243 g/mol. The fourth-order valence-electron chi connectivity index (χ4n) is 0.984. The second kappa shape index (κ2) is 5.45. The van der Waals surface area contributed by atoms with E-state index < -0.39 is 5.97 Å². The van der Waals surface area contributed by atoms with E-state index in [-0.39, 0.29) is 23.4 Å². The Morgan fingerprint density at radius 1 is 1.56 bits per heavy atom. The summed E-state index contributed by atoms with van der Waals surface area (Å²) in [6.07, 6.45) is 1.26. The molecule has 7 heteroatoms. The summed E-state index contributed by atoms with van der Waals surface area (Å²) in [5.74, 6) is -1.17. The van der Waals surface area contributed by atoms with Crippen molar-refractivity contribution >= 4 is 28.3 Å². The van der Waals surface area contributed by atoms with Crippen molar-refractivity contribution in [1.82, 2.24) is 10.3 Å². The normalized spacial score (nSPS) is 10.2. The van der Waals surface area contributed by atoms with E-state index in [9.17, 15) is 9.59 Å². The molecule has 0 fully saturated rings. The average molecular weight is 243 g/mol. The highest BCUT2D eigenvalue weighted by molar-refractivity contribution is 7.17. The highest BCUT2D eigenvalue weighted by Crippen LogP contribution is 2.17. The number of aromatic nitrogens is 1. The number of rotatable bonds is 5. The number of nitrogens with one attached hydrogen (secondary N) is 2. The van der Waals surface area contributed by atoms with Crippen LogP contribution >= 0.6 is 11.3 Å². The van der Waals surface area contributed by atoms with Crippen LogP contribution in [0.25, 0.3) is 0 Å². The number of hydrogen-bond donors (Lipinski definition) is 3. The van der Waals surface area contributed by atoms with Crippen LogP contribution in [0.3, 0.4) is 0 Å². The molecule has 1 rings (SSSR count). The summed E-state index contributed by atoms with van der Waals surface area (Å²) in [4.78, 5) is 25.8. The number of carbonyl (C=O) groups excluding carboxylic acids is 1. The highest BCUT2D eigenvalue weighted by atomic mass is 32.1. The quantitative estimate of drug-likeness (QED) is 0.710. The highest BCUT2D eigenvalue weighted by Gasteiger charge is 2.09. The van der Waals surface area contributed by atoms with Crippen LogP contribution in [0.15, 0.2) is 6.20 Å². The zero-order valence-corrected chi connectivity index (χ0v) is 9.80. The Bertz CT molecular complexity index is 389. The number of thiazole rings is 1. The molecule has 0 spiro atoms. The van der Waals surface area contributed by atoms with Gasteiger partial charge in [-0.3, -0.25) is 4.79 Å². The first-order valence-electron chi connectivity index (χ1n) is 4.71. The van der Waals surface area contributed by atoms with Crippen molar-refractivity contribution in [2.24, 2.45) is 0 Å². The van der Waals surface area contributed by atoms with Crippen LogP contribution in [0.1, 0.15) is 23.5 Å². The molecular formula is C9H13N3O3S. The Kier molecular flexibility index (Phi) is 4.24. The lowest BCUT2D eigenvalue weighted by Crippen LogP contribution is -2.34. The Labute approximate surface area is 96.7 Å². The maximum Gasteiger partial charge on any atom is 0.347 e. The average Bonchev–Trinajstić information content (AvgIpc) is 2.61. The van der Waals surface area contributed by atoms with Gasteiger partial charge in [0.05, 0.1) is 12.7 Å². The van der Waals surface area contributed by atoms with Gasteiger partial charge in [0, 0.05) is 6.04 Å². The number of carboxylic acid groups (broad SMARTS) is 1. The maximum atomic E-state index is 11.3. The minimum Gasteiger partial charge on any atom is -0.477 e. The zero-order valence-electron chi connectivity index (χ0n) is 8.98. The van der Waals surface area contributed by atoms with Crippen molar-refractivity contribution in [2.45, 2.75) is 19.9 Å². The molecule has 0 unspecified atom stereocenters. The summed E-state index contributed by atoms with van der Waals surface area (Å²) in [5.41, 5.74) is 0. The SMILES string of the molecule is CC(C)NC(=O)CNc1ncc(C(=O)O)s1. The van der Waals surface area contributed by atoms with E-state index in [2.05, 4.69) is 15.6 Å². The first-order chi connectivity index (χ1) is 7.49. The third-order valence-corrected chi connectivity index (χ3v) is 2.51. The van der Waals surface area contributed by atoms with Gasteiger partial charge in [0.25, 0.3) is 0 Å². The van der Waals surface area contributed by atoms with E-state index in [1.165, 1.54) is 6.20 Å². The number of hydrogen-bond acceptors (Lipinski definition) is 5. The second-order valence-electron chi connectivity index (χ2n) is 3.41. The van der Waals surface area contributed by atoms with E-state index in [4.69, 9.17) is 5.11 Å². The largest absolute Gasteiger partial charge is 0.477 e. The molecule has 0 atom stereocenters. The minimum absolute atomic E-state index is 0.0835. The molecule has 1 amide bonds. The van der Waals surface area contributed by atoms with Crippen molar-refractivity contribution in [3.63, 3.8) is 0 Å². The van der Waals surface area contributed by atoms with Gasteiger partial charge in [-0.05, 0) is 13.8 Å². The number of anilines is 1. The lowest BCUT2D eigenvalue weighted by atomic mass is 10.4. The lowest BCUT2D eigenvalue weighted by molar-refractivity contribution is -0.119. The predicted octanol–water partition coefficient (Wildman–Crippen LogP) is 0.778. The van der Waals surface area contributed by atoms with Crippen LogP contribution in [-0.4, -0.2) is 34.6 Å². The first kappa shape index (κ1) is 12.4. The summed E-state index contributed by atoms with van der Waals surface area (Å²) < 4.78 is 0. The Hall–Kier alpha value is -1.63. The van der Waals surface area contributed by atoms with Crippen LogP contribution in [0, 0.1) is 0 Å². The zero-order chi connectivity index (χ0) is 12.1. The summed E-state index contributed by atoms with van der Waals surface area (Å²) >= 11 is 1.00. The molecule has 0 aliphatic rings. The molecule has 0 aliphatic heterocycles. The Balaban J connectivity index is 2.42. The first-order valence-corrected chi connectivity index (χ1v) is 5.53. The molecule has 0 saturated carbocycles. The van der Waals surface area contributed by atoms with Crippen molar-refractivity contribution < 1.29 is 14.7 Å². The Morgan fingerprint density at radius 3 is 2.75 bits per heavy atom. The van der Waals surface area contributed by atoms with Gasteiger partial charge >= 0.3 is 5.97 Å². The van der Waals surface area contributed by atoms with Gasteiger partial charge in [-0.1, -0.05) is 11.3 Å². The smallest absolute Gasteiger partial charge is 0.347 e. The molecule has 16 heavy (non-hydrogen) atoms. The fraction of sp³-hybridized carbons (Fsp3) is 0.444. The predicted molar refractivity (Wildman–Crippen MR) is 60.8 cm³/mol. The van der Waals surface area contributed by atoms with Gasteiger partial charge in [-0.2, -0.15) is 0 Å². The minimum atomic E-state index is -1.02. The summed E-state index contributed by atoms with van der Waals surface area (Å²) in [5, 5.41) is 14.5. The third kappa shape index (κ3) is 3.85. The second-order valence-corrected chi connectivity index (χ2v) is 4.44. The fourth-order valence-corrected chi connectivity index (χ4v) is 1.63. The molecule has 0 aromatic carbocycles. The van der Waals surface area contributed by atoms with Crippen LogP contribution in [-0.2, 0) is 4.79 Å². The molecule has 0 saturated heterocycles. The van der Waals surface area contributed by atoms with Gasteiger partial charge < -0.3 is 15.7 Å². The van der Waals surface area contributed by atoms with Gasteiger partial charge in [0.15, 0.2) is 5.13 Å². The molecule has 3 N–H and O–H groups in total. The molecule has 1 aromatic rings. The van der Waals surface area contributed by atoms with Gasteiger partial charge in [-0.25, -0.2) is 9.78 Å². The van der Waals surface area contributed by atoms with Gasteiger partial charge in [0.1, 0.15) is 4.88 Å². The lowest BCUT2D eigenvalue weighted by Gasteiger charge is -2.07. The molecule has 1 heterocycles. The van der Waals surface area contributed by atoms with Gasteiger partial charge in [0.2, 0.25) is 5.91 Å². The van der Waals surface area contributed by atoms with Crippen molar-refractivity contribution in [3.05, 3.63) is 11.1 Å². The van der Waals surface area contributed by atoms with Crippen molar-refractivity contribution in [2.75, 3.05) is 11.9 Å². The van der Waals surface area contributed by atoms with Crippen molar-refractivity contribution in [1.29, 1.82) is 0 Å². The van der Waals surface area contributed by atoms with Crippen LogP contribution in [0.4, 0.5) is 5.13 Å². The van der Waals surface area contributed by atoms with E-state index in [1.807, 2.05) is 13.8 Å². The third-order valence-electron chi connectivity index (χ3n) is 1.57. The molecule has 0 bridgehead atoms. The molecule has 6 nitrogen and oxygen atoms in total. The Morgan fingerprint density at radius 2 is 2.25 bits per heavy atom. The molecule has 0 aliphatic carbocycles. The standard InChI is InChI=1S/C9H13N3O3S/c1-5(2)12-7(13)4-11-9-10-3-6(16-9)8(14)15/h3,5H,4H2,1-2H3,(H,10,11)(H,12,13)(H,14,15). The summed E-state index contributed by atoms with van der Waals surface area (Å²) in [7, 11) is 0.